The highest BCUT2D eigenvalue weighted by Crippen LogP contribution is 2.60. The Kier molecular flexibility index (Phi) is 2.87. The van der Waals surface area contributed by atoms with Crippen molar-refractivity contribution in [1.82, 2.24) is 10.6 Å². The van der Waals surface area contributed by atoms with Crippen LogP contribution in [0.4, 0.5) is 4.79 Å². The molecule has 0 aromatic heterocycles. The summed E-state index contributed by atoms with van der Waals surface area (Å²) < 4.78 is 0. The molecule has 0 unspecified atom stereocenters. The molecule has 2 aliphatic rings. The maximum absolute atomic E-state index is 11.2. The van der Waals surface area contributed by atoms with E-state index in [-0.39, 0.29) is 5.88 Å². The number of halogens is 1. The molecule has 0 spiro atoms. The standard InChI is InChI=1S/C10H15ClN2O2/c11-5-8(14)13-9(15)12-6-10(3-4-10)7-1-2-7/h7H,1-6H2,(H2,12,13,14,15). The Morgan fingerprint density at radius 2 is 2.00 bits per heavy atom. The van der Waals surface area contributed by atoms with Gasteiger partial charge in [0, 0.05) is 6.54 Å². The van der Waals surface area contributed by atoms with Crippen LogP contribution in [0.2, 0.25) is 0 Å². The molecule has 84 valence electrons. The summed E-state index contributed by atoms with van der Waals surface area (Å²) in [4.78, 5) is 22.0. The van der Waals surface area contributed by atoms with Gasteiger partial charge < -0.3 is 5.32 Å². The normalized spacial score (nSPS) is 21.9. The van der Waals surface area contributed by atoms with Gasteiger partial charge in [0.25, 0.3) is 0 Å². The minimum Gasteiger partial charge on any atom is -0.337 e. The van der Waals surface area contributed by atoms with E-state index in [9.17, 15) is 9.59 Å². The molecule has 2 aliphatic carbocycles. The maximum atomic E-state index is 11.2. The van der Waals surface area contributed by atoms with Crippen LogP contribution in [-0.2, 0) is 4.79 Å². The predicted octanol–water partition coefficient (Wildman–Crippen LogP) is 1.24. The van der Waals surface area contributed by atoms with E-state index in [2.05, 4.69) is 10.6 Å². The predicted molar refractivity (Wildman–Crippen MR) is 56.7 cm³/mol. The first-order valence-corrected chi connectivity index (χ1v) is 5.83. The van der Waals surface area contributed by atoms with E-state index in [0.717, 1.165) is 5.92 Å². The summed E-state index contributed by atoms with van der Waals surface area (Å²) in [6.45, 7) is 0.694. The van der Waals surface area contributed by atoms with Crippen molar-refractivity contribution in [3.63, 3.8) is 0 Å². The van der Waals surface area contributed by atoms with Crippen molar-refractivity contribution >= 4 is 23.5 Å². The van der Waals surface area contributed by atoms with Crippen molar-refractivity contribution in [3.8, 4) is 0 Å². The summed E-state index contributed by atoms with van der Waals surface area (Å²) in [5, 5.41) is 4.91. The van der Waals surface area contributed by atoms with Crippen LogP contribution in [0.1, 0.15) is 25.7 Å². The van der Waals surface area contributed by atoms with Crippen molar-refractivity contribution in [2.75, 3.05) is 12.4 Å². The second-order valence-corrected chi connectivity index (χ2v) is 4.77. The summed E-state index contributed by atoms with van der Waals surface area (Å²) in [7, 11) is 0. The zero-order chi connectivity index (χ0) is 10.9. The fourth-order valence-corrected chi connectivity index (χ4v) is 2.11. The molecule has 0 aliphatic heterocycles. The largest absolute Gasteiger partial charge is 0.337 e. The third-order valence-corrected chi connectivity index (χ3v) is 3.55. The smallest absolute Gasteiger partial charge is 0.321 e. The quantitative estimate of drug-likeness (QED) is 0.714. The minimum absolute atomic E-state index is 0.179. The van der Waals surface area contributed by atoms with Gasteiger partial charge in [0.1, 0.15) is 5.88 Å². The fraction of sp³-hybridized carbons (Fsp3) is 0.800. The van der Waals surface area contributed by atoms with Crippen LogP contribution in [0.15, 0.2) is 0 Å². The van der Waals surface area contributed by atoms with Gasteiger partial charge in [0.15, 0.2) is 0 Å². The molecule has 0 radical (unpaired) electrons. The first kappa shape index (κ1) is 10.7. The second kappa shape index (κ2) is 4.00. The summed E-state index contributed by atoms with van der Waals surface area (Å²) in [5.41, 5.74) is 0.362. The lowest BCUT2D eigenvalue weighted by Gasteiger charge is -2.14. The van der Waals surface area contributed by atoms with Gasteiger partial charge >= 0.3 is 6.03 Å². The van der Waals surface area contributed by atoms with E-state index < -0.39 is 11.9 Å². The third kappa shape index (κ3) is 2.62. The third-order valence-electron chi connectivity index (χ3n) is 3.31. The van der Waals surface area contributed by atoms with Gasteiger partial charge in [0.05, 0.1) is 0 Å². The van der Waals surface area contributed by atoms with Crippen molar-refractivity contribution in [3.05, 3.63) is 0 Å². The van der Waals surface area contributed by atoms with E-state index in [1.54, 1.807) is 0 Å². The van der Waals surface area contributed by atoms with Gasteiger partial charge in [-0.3, -0.25) is 10.1 Å². The van der Waals surface area contributed by atoms with Gasteiger partial charge in [-0.15, -0.1) is 11.6 Å². The molecule has 0 bridgehead atoms. The van der Waals surface area contributed by atoms with E-state index in [0.29, 0.717) is 12.0 Å². The Hall–Kier alpha value is -0.770. The molecule has 2 N–H and O–H groups in total. The highest BCUT2D eigenvalue weighted by molar-refractivity contribution is 6.28. The topological polar surface area (TPSA) is 58.2 Å². The van der Waals surface area contributed by atoms with E-state index in [1.807, 2.05) is 0 Å². The van der Waals surface area contributed by atoms with Crippen LogP contribution in [0.3, 0.4) is 0 Å². The molecule has 0 heterocycles. The number of nitrogens with one attached hydrogen (secondary N) is 2. The molecule has 2 fully saturated rings. The number of hydrogen-bond acceptors (Lipinski definition) is 2. The number of urea groups is 1. The Balaban J connectivity index is 1.69. The van der Waals surface area contributed by atoms with Crippen LogP contribution >= 0.6 is 11.6 Å². The first-order valence-electron chi connectivity index (χ1n) is 5.30. The summed E-state index contributed by atoms with van der Waals surface area (Å²) in [5.74, 6) is 0.174. The fourth-order valence-electron chi connectivity index (χ4n) is 2.05. The Labute approximate surface area is 93.7 Å². The minimum atomic E-state index is -0.453. The number of hydrogen-bond donors (Lipinski definition) is 2. The molecule has 2 rings (SSSR count). The average molecular weight is 231 g/mol. The molecular formula is C10H15ClN2O2. The molecule has 0 aromatic carbocycles. The van der Waals surface area contributed by atoms with Crippen molar-refractivity contribution < 1.29 is 9.59 Å². The molecule has 4 nitrogen and oxygen atoms in total. The van der Waals surface area contributed by atoms with Crippen molar-refractivity contribution in [2.24, 2.45) is 11.3 Å². The average Bonchev–Trinajstić information content (AvgIpc) is 3.04. The summed E-state index contributed by atoms with van der Waals surface area (Å²) in [6.07, 6.45) is 5.01. The Bertz CT molecular complexity index is 285. The van der Waals surface area contributed by atoms with Crippen LogP contribution in [0, 0.1) is 11.3 Å². The van der Waals surface area contributed by atoms with Crippen LogP contribution in [-0.4, -0.2) is 24.4 Å². The molecule has 0 saturated heterocycles. The van der Waals surface area contributed by atoms with E-state index in [1.165, 1.54) is 25.7 Å². The summed E-state index contributed by atoms with van der Waals surface area (Å²) in [6, 6.07) is -0.424. The molecule has 3 amide bonds. The van der Waals surface area contributed by atoms with Crippen LogP contribution < -0.4 is 10.6 Å². The van der Waals surface area contributed by atoms with Gasteiger partial charge in [-0.1, -0.05) is 0 Å². The number of amides is 3. The van der Waals surface area contributed by atoms with Crippen molar-refractivity contribution in [2.45, 2.75) is 25.7 Å². The van der Waals surface area contributed by atoms with E-state index >= 15 is 0 Å². The van der Waals surface area contributed by atoms with Crippen LogP contribution in [0.5, 0.6) is 0 Å². The molecular weight excluding hydrogens is 216 g/mol. The first-order chi connectivity index (χ1) is 7.16. The monoisotopic (exact) mass is 230 g/mol. The van der Waals surface area contributed by atoms with Gasteiger partial charge in [0.2, 0.25) is 5.91 Å². The number of imide groups is 1. The lowest BCUT2D eigenvalue weighted by Crippen LogP contribution is -2.42. The molecule has 0 aromatic rings. The zero-order valence-corrected chi connectivity index (χ0v) is 9.27. The zero-order valence-electron chi connectivity index (χ0n) is 8.51. The lowest BCUT2D eigenvalue weighted by molar-refractivity contribution is -0.117. The highest BCUT2D eigenvalue weighted by Gasteiger charge is 2.53. The maximum Gasteiger partial charge on any atom is 0.321 e. The highest BCUT2D eigenvalue weighted by atomic mass is 35.5. The number of rotatable bonds is 4. The SMILES string of the molecule is O=C(CCl)NC(=O)NCC1(C2CC2)CC1. The Morgan fingerprint density at radius 3 is 2.47 bits per heavy atom. The van der Waals surface area contributed by atoms with Gasteiger partial charge in [-0.2, -0.15) is 0 Å². The molecule has 5 heteroatoms. The van der Waals surface area contributed by atoms with E-state index in [4.69, 9.17) is 11.6 Å². The number of carbonyl (C=O) groups excluding carboxylic acids is 2. The lowest BCUT2D eigenvalue weighted by atomic mass is 10.0. The van der Waals surface area contributed by atoms with Gasteiger partial charge in [-0.05, 0) is 37.0 Å². The Morgan fingerprint density at radius 1 is 1.33 bits per heavy atom. The molecule has 2 saturated carbocycles. The molecule has 0 atom stereocenters. The van der Waals surface area contributed by atoms with Crippen molar-refractivity contribution in [1.29, 1.82) is 0 Å². The summed E-state index contributed by atoms with van der Waals surface area (Å²) >= 11 is 5.27. The molecule has 15 heavy (non-hydrogen) atoms. The van der Waals surface area contributed by atoms with Gasteiger partial charge in [-0.25, -0.2) is 4.79 Å². The second-order valence-electron chi connectivity index (χ2n) is 4.50. The number of carbonyl (C=O) groups is 2. The number of alkyl halides is 1. The van der Waals surface area contributed by atoms with Crippen LogP contribution in [0.25, 0.3) is 0 Å².